The van der Waals surface area contributed by atoms with Gasteiger partial charge in [0.15, 0.2) is 5.78 Å². The van der Waals surface area contributed by atoms with Crippen molar-refractivity contribution in [1.29, 1.82) is 0 Å². The Balaban J connectivity index is 1.77. The lowest BCUT2D eigenvalue weighted by molar-refractivity contribution is -0.131. The highest BCUT2D eigenvalue weighted by molar-refractivity contribution is 6.14. The monoisotopic (exact) mass is 432 g/mol. The first kappa shape index (κ1) is 19.3. The zero-order valence-corrected chi connectivity index (χ0v) is 17.9. The minimum Gasteiger partial charge on any atom is -0.427 e. The van der Waals surface area contributed by atoms with Gasteiger partial charge in [-0.15, -0.1) is 0 Å². The van der Waals surface area contributed by atoms with Crippen LogP contribution in [0.1, 0.15) is 29.2 Å². The van der Waals surface area contributed by atoms with Crippen molar-refractivity contribution in [1.82, 2.24) is 9.97 Å². The molecule has 0 unspecified atom stereocenters. The van der Waals surface area contributed by atoms with Crippen LogP contribution in [0.3, 0.4) is 0 Å². The average Bonchev–Trinajstić information content (AvgIpc) is 3.44. The predicted octanol–water partition coefficient (Wildman–Crippen LogP) is 5.50. The second kappa shape index (κ2) is 7.07. The number of rotatable bonds is 3. The van der Waals surface area contributed by atoms with Crippen molar-refractivity contribution in [3.8, 4) is 5.75 Å². The third kappa shape index (κ3) is 2.72. The van der Waals surface area contributed by atoms with Gasteiger partial charge in [-0.2, -0.15) is 0 Å². The molecule has 160 valence electrons. The van der Waals surface area contributed by atoms with Gasteiger partial charge in [-0.1, -0.05) is 48.5 Å². The van der Waals surface area contributed by atoms with Crippen LogP contribution >= 0.6 is 0 Å². The van der Waals surface area contributed by atoms with E-state index in [2.05, 4.69) is 9.97 Å². The van der Waals surface area contributed by atoms with Gasteiger partial charge in [-0.25, -0.2) is 0 Å². The maximum absolute atomic E-state index is 14.1. The Morgan fingerprint density at radius 2 is 1.39 bits per heavy atom. The first-order valence-electron chi connectivity index (χ1n) is 10.8. The van der Waals surface area contributed by atoms with Gasteiger partial charge in [0.2, 0.25) is 0 Å². The molecule has 0 aliphatic heterocycles. The van der Waals surface area contributed by atoms with Crippen LogP contribution in [0, 0.1) is 0 Å². The summed E-state index contributed by atoms with van der Waals surface area (Å²) in [6, 6.07) is 21.4. The molecule has 5 aromatic rings. The highest BCUT2D eigenvalue weighted by atomic mass is 16.5. The number of benzene rings is 3. The quantitative estimate of drug-likeness (QED) is 0.292. The number of aromatic nitrogens is 2. The minimum absolute atomic E-state index is 0.0514. The zero-order valence-electron chi connectivity index (χ0n) is 17.9. The molecule has 0 fully saturated rings. The number of carbonyl (C=O) groups excluding carboxylic acids is 2. The number of para-hydroxylation sites is 2. The topological polar surface area (TPSA) is 75.0 Å². The molecule has 33 heavy (non-hydrogen) atoms. The molecule has 0 saturated carbocycles. The van der Waals surface area contributed by atoms with Crippen LogP contribution in [0.2, 0.25) is 0 Å². The van der Waals surface area contributed by atoms with Gasteiger partial charge in [0, 0.05) is 52.3 Å². The van der Waals surface area contributed by atoms with Crippen LogP contribution in [0.25, 0.3) is 27.9 Å². The van der Waals surface area contributed by atoms with E-state index in [0.29, 0.717) is 5.75 Å². The summed E-state index contributed by atoms with van der Waals surface area (Å²) in [5.74, 6) is -0.0460. The summed E-state index contributed by atoms with van der Waals surface area (Å²) >= 11 is 0. The molecule has 0 saturated heterocycles. The molecule has 5 heteroatoms. The van der Waals surface area contributed by atoms with Crippen molar-refractivity contribution < 1.29 is 14.3 Å². The first-order chi connectivity index (χ1) is 16.1. The summed E-state index contributed by atoms with van der Waals surface area (Å²) in [5, 5.41) is 1.94. The molecule has 6 rings (SSSR count). The molecule has 5 nitrogen and oxygen atoms in total. The number of carbonyl (C=O) groups is 2. The van der Waals surface area contributed by atoms with Crippen molar-refractivity contribution in [2.24, 2.45) is 0 Å². The Morgan fingerprint density at radius 1 is 0.788 bits per heavy atom. The largest absolute Gasteiger partial charge is 0.427 e. The van der Waals surface area contributed by atoms with Crippen LogP contribution in [0.5, 0.6) is 5.75 Å². The lowest BCUT2D eigenvalue weighted by Gasteiger charge is -2.36. The van der Waals surface area contributed by atoms with Crippen molar-refractivity contribution in [3.63, 3.8) is 0 Å². The normalized spacial score (nSPS) is 14.5. The highest BCUT2D eigenvalue weighted by Crippen LogP contribution is 2.49. The zero-order chi connectivity index (χ0) is 22.6. The smallest absolute Gasteiger partial charge is 0.308 e. The maximum Gasteiger partial charge on any atom is 0.308 e. The predicted molar refractivity (Wildman–Crippen MR) is 128 cm³/mol. The second-order valence-electron chi connectivity index (χ2n) is 8.29. The highest BCUT2D eigenvalue weighted by Gasteiger charge is 2.48. The molecule has 3 aromatic carbocycles. The Labute approximate surface area is 189 Å². The van der Waals surface area contributed by atoms with Crippen LogP contribution in [0.4, 0.5) is 0 Å². The van der Waals surface area contributed by atoms with E-state index in [1.54, 1.807) is 12.1 Å². The van der Waals surface area contributed by atoms with E-state index in [1.807, 2.05) is 79.1 Å². The number of aromatic amines is 2. The molecular weight excluding hydrogens is 412 g/mol. The number of allylic oxidation sites excluding steroid dienone is 1. The number of ether oxygens (including phenoxy) is 1. The van der Waals surface area contributed by atoms with Crippen molar-refractivity contribution in [3.05, 3.63) is 107 Å². The lowest BCUT2D eigenvalue weighted by atomic mass is 9.63. The van der Waals surface area contributed by atoms with E-state index in [-0.39, 0.29) is 5.78 Å². The van der Waals surface area contributed by atoms with Crippen LogP contribution < -0.4 is 4.74 Å². The molecule has 1 aliphatic carbocycles. The van der Waals surface area contributed by atoms with E-state index >= 15 is 0 Å². The van der Waals surface area contributed by atoms with Gasteiger partial charge >= 0.3 is 5.97 Å². The number of fused-ring (bicyclic) bond motifs is 3. The molecule has 0 amide bonds. The molecular formula is C28H20N2O3. The van der Waals surface area contributed by atoms with Gasteiger partial charge in [0.05, 0.1) is 0 Å². The summed E-state index contributed by atoms with van der Waals surface area (Å²) in [5.41, 5.74) is 4.18. The van der Waals surface area contributed by atoms with E-state index in [4.69, 9.17) is 4.74 Å². The van der Waals surface area contributed by atoms with Crippen LogP contribution in [0.15, 0.2) is 85.2 Å². The maximum atomic E-state index is 14.1. The molecule has 1 aliphatic rings. The van der Waals surface area contributed by atoms with E-state index in [9.17, 15) is 9.59 Å². The first-order valence-corrected chi connectivity index (χ1v) is 10.8. The Bertz CT molecular complexity index is 1530. The minimum atomic E-state index is -1.13. The second-order valence-corrected chi connectivity index (χ2v) is 8.29. The fraction of sp³-hybridized carbons (Fsp3) is 0.0714. The Hall–Kier alpha value is -4.38. The standard InChI is InChI=1S/C28H20N2O3/c1-17(31)33-19-12-10-18-11-13-27(32)28(22(18)14-19,23-15-29-25-8-4-2-6-20(23)25)24-16-30-26-9-5-3-7-21(24)26/h2-16,29-30H,1H3. The third-order valence-corrected chi connectivity index (χ3v) is 6.46. The summed E-state index contributed by atoms with van der Waals surface area (Å²) in [4.78, 5) is 32.5. The molecule has 0 spiro atoms. The van der Waals surface area contributed by atoms with E-state index < -0.39 is 11.4 Å². The van der Waals surface area contributed by atoms with Crippen molar-refractivity contribution in [2.45, 2.75) is 12.3 Å². The number of nitrogens with one attached hydrogen (secondary N) is 2. The van der Waals surface area contributed by atoms with Crippen LogP contribution in [-0.4, -0.2) is 21.7 Å². The lowest BCUT2D eigenvalue weighted by Crippen LogP contribution is -2.39. The number of H-pyrrole nitrogens is 2. The van der Waals surface area contributed by atoms with Gasteiger partial charge in [0.1, 0.15) is 11.2 Å². The fourth-order valence-electron chi connectivity index (χ4n) is 5.12. The molecule has 2 aromatic heterocycles. The molecule has 0 radical (unpaired) electrons. The number of hydrogen-bond acceptors (Lipinski definition) is 3. The summed E-state index contributed by atoms with van der Waals surface area (Å²) in [6.07, 6.45) is 7.33. The Kier molecular flexibility index (Phi) is 4.14. The number of ketones is 1. The van der Waals surface area contributed by atoms with Crippen molar-refractivity contribution in [2.75, 3.05) is 0 Å². The van der Waals surface area contributed by atoms with E-state index in [0.717, 1.165) is 44.1 Å². The number of hydrogen-bond donors (Lipinski definition) is 2. The molecule has 0 bridgehead atoms. The molecule has 0 atom stereocenters. The van der Waals surface area contributed by atoms with Gasteiger partial charge in [0.25, 0.3) is 0 Å². The Morgan fingerprint density at radius 3 is 2.00 bits per heavy atom. The molecule has 2 N–H and O–H groups in total. The SMILES string of the molecule is CC(=O)Oc1ccc2c(c1)C(c1c[nH]c3ccccc13)(c1c[nH]c3ccccc13)C(=O)C=C2. The van der Waals surface area contributed by atoms with Crippen LogP contribution in [-0.2, 0) is 15.0 Å². The van der Waals surface area contributed by atoms with Gasteiger partial charge < -0.3 is 14.7 Å². The fourth-order valence-corrected chi connectivity index (χ4v) is 5.12. The summed E-state index contributed by atoms with van der Waals surface area (Å²) in [7, 11) is 0. The summed E-state index contributed by atoms with van der Waals surface area (Å²) < 4.78 is 5.43. The van der Waals surface area contributed by atoms with Crippen molar-refractivity contribution >= 4 is 39.6 Å². The van der Waals surface area contributed by atoms with Gasteiger partial charge in [-0.3, -0.25) is 9.59 Å². The van der Waals surface area contributed by atoms with E-state index in [1.165, 1.54) is 6.92 Å². The van der Waals surface area contributed by atoms with Gasteiger partial charge in [-0.05, 0) is 41.5 Å². The number of esters is 1. The molecule has 2 heterocycles. The third-order valence-electron chi connectivity index (χ3n) is 6.46. The summed E-state index contributed by atoms with van der Waals surface area (Å²) in [6.45, 7) is 1.37. The average molecular weight is 432 g/mol.